The maximum absolute atomic E-state index is 12.0. The lowest BCUT2D eigenvalue weighted by atomic mass is 10.1. The van der Waals surface area contributed by atoms with Gasteiger partial charge in [-0.15, -0.1) is 0 Å². The number of hydrogen-bond donors (Lipinski definition) is 0. The summed E-state index contributed by atoms with van der Waals surface area (Å²) in [6.07, 6.45) is -1.80. The summed E-state index contributed by atoms with van der Waals surface area (Å²) in [6.45, 7) is 3.11. The van der Waals surface area contributed by atoms with Gasteiger partial charge < -0.3 is 14.2 Å². The average molecular weight is 365 g/mol. The standard InChI is InChI=1S/C15H19BrF2O3/c1-10-7-20-13-3-2-11(6-14(13)21-8-10)12(16)4-5-19-9-15(17)18/h2-3,6,10,12,15H,4-5,7-9H2,1H3. The van der Waals surface area contributed by atoms with Gasteiger partial charge in [0.2, 0.25) is 0 Å². The lowest BCUT2D eigenvalue weighted by Gasteiger charge is -2.13. The fraction of sp³-hybridized carbons (Fsp3) is 0.600. The maximum Gasteiger partial charge on any atom is 0.261 e. The first-order valence-electron chi connectivity index (χ1n) is 6.95. The molecule has 0 aromatic heterocycles. The molecule has 0 bridgehead atoms. The third-order valence-corrected chi connectivity index (χ3v) is 4.12. The molecule has 21 heavy (non-hydrogen) atoms. The van der Waals surface area contributed by atoms with Gasteiger partial charge in [-0.2, -0.15) is 0 Å². The maximum atomic E-state index is 12.0. The summed E-state index contributed by atoms with van der Waals surface area (Å²) < 4.78 is 40.2. The fourth-order valence-electron chi connectivity index (χ4n) is 1.99. The minimum Gasteiger partial charge on any atom is -0.489 e. The Balaban J connectivity index is 1.91. The molecule has 0 saturated heterocycles. The molecule has 1 aliphatic heterocycles. The Morgan fingerprint density at radius 1 is 1.29 bits per heavy atom. The molecular formula is C15H19BrF2O3. The molecule has 2 rings (SSSR count). The van der Waals surface area contributed by atoms with E-state index >= 15 is 0 Å². The van der Waals surface area contributed by atoms with E-state index in [-0.39, 0.29) is 11.4 Å². The first-order chi connectivity index (χ1) is 10.1. The summed E-state index contributed by atoms with van der Waals surface area (Å²) in [7, 11) is 0. The monoisotopic (exact) mass is 364 g/mol. The van der Waals surface area contributed by atoms with Crippen molar-refractivity contribution in [2.75, 3.05) is 26.4 Å². The van der Waals surface area contributed by atoms with Gasteiger partial charge in [-0.05, 0) is 24.1 Å². The first-order valence-corrected chi connectivity index (χ1v) is 7.87. The molecule has 2 atom stereocenters. The van der Waals surface area contributed by atoms with Crippen molar-refractivity contribution < 1.29 is 23.0 Å². The largest absolute Gasteiger partial charge is 0.489 e. The van der Waals surface area contributed by atoms with E-state index in [0.29, 0.717) is 25.6 Å². The summed E-state index contributed by atoms with van der Waals surface area (Å²) in [5.74, 6) is 1.83. The lowest BCUT2D eigenvalue weighted by Crippen LogP contribution is -2.12. The molecule has 0 saturated carbocycles. The number of fused-ring (bicyclic) bond motifs is 1. The molecule has 1 aliphatic rings. The molecule has 0 aliphatic carbocycles. The summed E-state index contributed by atoms with van der Waals surface area (Å²) >= 11 is 3.55. The van der Waals surface area contributed by atoms with E-state index in [1.54, 1.807) is 0 Å². The zero-order valence-corrected chi connectivity index (χ0v) is 13.4. The van der Waals surface area contributed by atoms with Crippen molar-refractivity contribution in [2.45, 2.75) is 24.6 Å². The van der Waals surface area contributed by atoms with Crippen molar-refractivity contribution in [3.63, 3.8) is 0 Å². The van der Waals surface area contributed by atoms with Crippen LogP contribution >= 0.6 is 15.9 Å². The SMILES string of the molecule is CC1COc2ccc(C(Br)CCOCC(F)F)cc2OC1. The van der Waals surface area contributed by atoms with E-state index in [4.69, 9.17) is 14.2 Å². The van der Waals surface area contributed by atoms with Crippen molar-refractivity contribution in [1.82, 2.24) is 0 Å². The van der Waals surface area contributed by atoms with Crippen LogP contribution in [0.2, 0.25) is 0 Å². The quantitative estimate of drug-likeness (QED) is 0.559. The van der Waals surface area contributed by atoms with Gasteiger partial charge in [0.15, 0.2) is 11.5 Å². The van der Waals surface area contributed by atoms with Crippen LogP contribution in [0.4, 0.5) is 8.78 Å². The minimum absolute atomic E-state index is 0.0322. The van der Waals surface area contributed by atoms with Crippen molar-refractivity contribution in [2.24, 2.45) is 5.92 Å². The number of rotatable bonds is 6. The normalized spacial score (nSPS) is 19.4. The molecule has 3 nitrogen and oxygen atoms in total. The van der Waals surface area contributed by atoms with Gasteiger partial charge in [0.1, 0.15) is 6.61 Å². The smallest absolute Gasteiger partial charge is 0.261 e. The Hall–Kier alpha value is -0.880. The van der Waals surface area contributed by atoms with E-state index in [0.717, 1.165) is 17.1 Å². The van der Waals surface area contributed by atoms with Crippen molar-refractivity contribution in [1.29, 1.82) is 0 Å². The second-order valence-corrected chi connectivity index (χ2v) is 6.26. The third kappa shape index (κ3) is 5.11. The van der Waals surface area contributed by atoms with Crippen molar-refractivity contribution in [3.8, 4) is 11.5 Å². The van der Waals surface area contributed by atoms with E-state index in [2.05, 4.69) is 22.9 Å². The average Bonchev–Trinajstić information content (AvgIpc) is 2.65. The topological polar surface area (TPSA) is 27.7 Å². The van der Waals surface area contributed by atoms with E-state index in [1.165, 1.54) is 0 Å². The molecule has 1 heterocycles. The summed E-state index contributed by atoms with van der Waals surface area (Å²) in [6, 6.07) is 5.77. The Morgan fingerprint density at radius 3 is 2.71 bits per heavy atom. The van der Waals surface area contributed by atoms with Crippen LogP contribution in [0.25, 0.3) is 0 Å². The molecular weight excluding hydrogens is 346 g/mol. The fourth-order valence-corrected chi connectivity index (χ4v) is 2.46. The number of alkyl halides is 3. The number of ether oxygens (including phenoxy) is 3. The highest BCUT2D eigenvalue weighted by atomic mass is 79.9. The molecule has 118 valence electrons. The second kappa shape index (κ2) is 7.94. The Kier molecular flexibility index (Phi) is 6.23. The van der Waals surface area contributed by atoms with Gasteiger partial charge in [-0.1, -0.05) is 28.9 Å². The molecule has 0 amide bonds. The van der Waals surface area contributed by atoms with Crippen molar-refractivity contribution >= 4 is 15.9 Å². The minimum atomic E-state index is -2.42. The highest BCUT2D eigenvalue weighted by Crippen LogP contribution is 2.36. The van der Waals surface area contributed by atoms with Gasteiger partial charge in [0.05, 0.1) is 13.2 Å². The van der Waals surface area contributed by atoms with Gasteiger partial charge in [0, 0.05) is 17.4 Å². The molecule has 1 aromatic rings. The second-order valence-electron chi connectivity index (χ2n) is 5.16. The van der Waals surface area contributed by atoms with Crippen LogP contribution < -0.4 is 9.47 Å². The zero-order valence-electron chi connectivity index (χ0n) is 11.9. The predicted octanol–water partition coefficient (Wildman–Crippen LogP) is 4.20. The molecule has 0 fully saturated rings. The number of hydrogen-bond acceptors (Lipinski definition) is 3. The zero-order chi connectivity index (χ0) is 15.2. The highest BCUT2D eigenvalue weighted by molar-refractivity contribution is 9.09. The molecule has 6 heteroatoms. The predicted molar refractivity (Wildman–Crippen MR) is 79.7 cm³/mol. The van der Waals surface area contributed by atoms with E-state index < -0.39 is 13.0 Å². The van der Waals surface area contributed by atoms with Gasteiger partial charge in [-0.25, -0.2) is 8.78 Å². The van der Waals surface area contributed by atoms with Crippen LogP contribution in [0.1, 0.15) is 23.7 Å². The molecule has 0 N–H and O–H groups in total. The third-order valence-electron chi connectivity index (χ3n) is 3.14. The van der Waals surface area contributed by atoms with Crippen LogP contribution in [0.5, 0.6) is 11.5 Å². The van der Waals surface area contributed by atoms with E-state index in [9.17, 15) is 8.78 Å². The number of benzene rings is 1. The van der Waals surface area contributed by atoms with Crippen LogP contribution in [-0.4, -0.2) is 32.9 Å². The Bertz CT molecular complexity index is 457. The van der Waals surface area contributed by atoms with Crippen molar-refractivity contribution in [3.05, 3.63) is 23.8 Å². The summed E-state index contributed by atoms with van der Waals surface area (Å²) in [5, 5.41) is 0. The Labute approximate surface area is 131 Å². The van der Waals surface area contributed by atoms with E-state index in [1.807, 2.05) is 18.2 Å². The molecule has 0 radical (unpaired) electrons. The van der Waals surface area contributed by atoms with Crippen LogP contribution in [0.15, 0.2) is 18.2 Å². The molecule has 2 unspecified atom stereocenters. The lowest BCUT2D eigenvalue weighted by molar-refractivity contribution is 0.0167. The van der Waals surface area contributed by atoms with Crippen LogP contribution in [0.3, 0.4) is 0 Å². The van der Waals surface area contributed by atoms with Gasteiger partial charge in [-0.3, -0.25) is 0 Å². The molecule has 1 aromatic carbocycles. The van der Waals surface area contributed by atoms with Gasteiger partial charge >= 0.3 is 0 Å². The highest BCUT2D eigenvalue weighted by Gasteiger charge is 2.17. The van der Waals surface area contributed by atoms with Crippen LogP contribution in [0, 0.1) is 5.92 Å². The van der Waals surface area contributed by atoms with Gasteiger partial charge in [0.25, 0.3) is 6.43 Å². The summed E-state index contributed by atoms with van der Waals surface area (Å²) in [5.41, 5.74) is 1.02. The summed E-state index contributed by atoms with van der Waals surface area (Å²) in [4.78, 5) is 0.0322. The Morgan fingerprint density at radius 2 is 2.00 bits per heavy atom. The number of halogens is 3. The first kappa shape index (κ1) is 16.5. The molecule has 0 spiro atoms. The van der Waals surface area contributed by atoms with Crippen LogP contribution in [-0.2, 0) is 4.74 Å².